The lowest BCUT2D eigenvalue weighted by molar-refractivity contribution is -0.271. The molecular formula is C26H40O8. The molecule has 0 spiro atoms. The predicted octanol–water partition coefficient (Wildman–Crippen LogP) is 3.77. The SMILES string of the molecule is CC(=O)OC1(C)CC(=O)C2C(C(C(C)C)CCC2(C)OC(C)=O)C2OC1CCC2(C)OC(C)=O. The predicted molar refractivity (Wildman–Crippen MR) is 123 cm³/mol. The van der Waals surface area contributed by atoms with Gasteiger partial charge < -0.3 is 18.9 Å². The highest BCUT2D eigenvalue weighted by atomic mass is 16.6. The first-order valence-corrected chi connectivity index (χ1v) is 12.4. The van der Waals surface area contributed by atoms with E-state index in [0.29, 0.717) is 19.3 Å². The topological polar surface area (TPSA) is 105 Å². The van der Waals surface area contributed by atoms with E-state index in [1.807, 2.05) is 13.8 Å². The van der Waals surface area contributed by atoms with Gasteiger partial charge in [-0.25, -0.2) is 0 Å². The molecule has 192 valence electrons. The van der Waals surface area contributed by atoms with Gasteiger partial charge in [0.25, 0.3) is 0 Å². The Balaban J connectivity index is 2.21. The molecule has 0 amide bonds. The summed E-state index contributed by atoms with van der Waals surface area (Å²) in [6.45, 7) is 13.7. The molecule has 8 unspecified atom stereocenters. The van der Waals surface area contributed by atoms with Crippen molar-refractivity contribution in [2.75, 3.05) is 0 Å². The minimum Gasteiger partial charge on any atom is -0.459 e. The lowest BCUT2D eigenvalue weighted by Gasteiger charge is -2.59. The van der Waals surface area contributed by atoms with Gasteiger partial charge in [0.15, 0.2) is 0 Å². The average Bonchev–Trinajstić information content (AvgIpc) is 2.64. The summed E-state index contributed by atoms with van der Waals surface area (Å²) in [5.41, 5.74) is -3.19. The van der Waals surface area contributed by atoms with Crippen LogP contribution in [0.2, 0.25) is 0 Å². The number of rotatable bonds is 4. The zero-order valence-corrected chi connectivity index (χ0v) is 21.8. The van der Waals surface area contributed by atoms with Crippen molar-refractivity contribution in [2.24, 2.45) is 23.7 Å². The Morgan fingerprint density at radius 3 is 1.88 bits per heavy atom. The van der Waals surface area contributed by atoms with Crippen LogP contribution < -0.4 is 0 Å². The van der Waals surface area contributed by atoms with Crippen LogP contribution in [0.25, 0.3) is 0 Å². The van der Waals surface area contributed by atoms with Crippen LogP contribution in [0, 0.1) is 23.7 Å². The van der Waals surface area contributed by atoms with E-state index in [0.717, 1.165) is 6.42 Å². The molecule has 2 heterocycles. The first-order valence-electron chi connectivity index (χ1n) is 12.4. The fraction of sp³-hybridized carbons (Fsp3) is 0.846. The van der Waals surface area contributed by atoms with Crippen molar-refractivity contribution >= 4 is 23.7 Å². The monoisotopic (exact) mass is 480 g/mol. The molecule has 1 aliphatic carbocycles. The first-order chi connectivity index (χ1) is 15.6. The Morgan fingerprint density at radius 1 is 0.853 bits per heavy atom. The van der Waals surface area contributed by atoms with Crippen LogP contribution in [0.1, 0.15) is 87.5 Å². The second-order valence-corrected chi connectivity index (χ2v) is 11.4. The van der Waals surface area contributed by atoms with E-state index in [1.54, 1.807) is 6.92 Å². The molecule has 2 aliphatic heterocycles. The van der Waals surface area contributed by atoms with Gasteiger partial charge in [-0.1, -0.05) is 13.8 Å². The number of ketones is 1. The summed E-state index contributed by atoms with van der Waals surface area (Å²) in [5, 5.41) is 0. The summed E-state index contributed by atoms with van der Waals surface area (Å²) >= 11 is 0. The summed E-state index contributed by atoms with van der Waals surface area (Å²) in [6.07, 6.45) is 1.08. The van der Waals surface area contributed by atoms with E-state index < -0.39 is 52.8 Å². The van der Waals surface area contributed by atoms with Gasteiger partial charge >= 0.3 is 17.9 Å². The lowest BCUT2D eigenvalue weighted by Crippen LogP contribution is -2.68. The largest absolute Gasteiger partial charge is 0.459 e. The van der Waals surface area contributed by atoms with Crippen LogP contribution in [0.5, 0.6) is 0 Å². The molecule has 2 bridgehead atoms. The van der Waals surface area contributed by atoms with Crippen molar-refractivity contribution < 1.29 is 38.1 Å². The molecule has 0 N–H and O–H groups in total. The summed E-state index contributed by atoms with van der Waals surface area (Å²) in [4.78, 5) is 50.4. The van der Waals surface area contributed by atoms with E-state index in [4.69, 9.17) is 18.9 Å². The van der Waals surface area contributed by atoms with Gasteiger partial charge in [0.1, 0.15) is 28.7 Å². The maximum Gasteiger partial charge on any atom is 0.303 e. The Kier molecular flexibility index (Phi) is 7.25. The number of carbonyl (C=O) groups excluding carboxylic acids is 4. The molecule has 0 radical (unpaired) electrons. The Morgan fingerprint density at radius 2 is 1.35 bits per heavy atom. The zero-order chi connectivity index (χ0) is 25.6. The van der Waals surface area contributed by atoms with Crippen LogP contribution in [0.15, 0.2) is 0 Å². The summed E-state index contributed by atoms with van der Waals surface area (Å²) in [7, 11) is 0. The molecule has 0 aromatic carbocycles. The smallest absolute Gasteiger partial charge is 0.303 e. The van der Waals surface area contributed by atoms with Crippen molar-refractivity contribution in [1.82, 2.24) is 0 Å². The molecule has 3 aliphatic rings. The maximum absolute atomic E-state index is 14.1. The Labute approximate surface area is 202 Å². The van der Waals surface area contributed by atoms with Gasteiger partial charge in [-0.2, -0.15) is 0 Å². The van der Waals surface area contributed by atoms with Crippen molar-refractivity contribution in [3.63, 3.8) is 0 Å². The third kappa shape index (κ3) is 4.88. The zero-order valence-electron chi connectivity index (χ0n) is 21.8. The molecular weight excluding hydrogens is 440 g/mol. The molecule has 2 saturated heterocycles. The Hall–Kier alpha value is -1.96. The van der Waals surface area contributed by atoms with Crippen molar-refractivity contribution in [1.29, 1.82) is 0 Å². The quantitative estimate of drug-likeness (QED) is 0.442. The van der Waals surface area contributed by atoms with Gasteiger partial charge in [0.2, 0.25) is 0 Å². The van der Waals surface area contributed by atoms with Crippen LogP contribution in [-0.2, 0) is 38.1 Å². The minimum absolute atomic E-state index is 0.0307. The third-order valence-electron chi connectivity index (χ3n) is 8.22. The molecule has 3 fully saturated rings. The molecule has 3 rings (SSSR count). The van der Waals surface area contributed by atoms with Crippen molar-refractivity contribution in [2.45, 2.75) is 117 Å². The van der Waals surface area contributed by atoms with Crippen LogP contribution >= 0.6 is 0 Å². The Bertz CT molecular complexity index is 852. The van der Waals surface area contributed by atoms with E-state index >= 15 is 0 Å². The second kappa shape index (κ2) is 9.25. The van der Waals surface area contributed by atoms with E-state index in [2.05, 4.69) is 13.8 Å². The van der Waals surface area contributed by atoms with E-state index in [9.17, 15) is 19.2 Å². The molecule has 0 aromatic heterocycles. The van der Waals surface area contributed by atoms with Gasteiger partial charge in [-0.05, 0) is 58.3 Å². The van der Waals surface area contributed by atoms with Crippen LogP contribution in [-0.4, -0.2) is 52.7 Å². The van der Waals surface area contributed by atoms with Crippen LogP contribution in [0.4, 0.5) is 0 Å². The number of fused-ring (bicyclic) bond motifs is 4. The van der Waals surface area contributed by atoms with Gasteiger partial charge in [-0.15, -0.1) is 0 Å². The number of esters is 3. The summed E-state index contributed by atoms with van der Waals surface area (Å²) in [6, 6.07) is 0. The molecule has 8 atom stereocenters. The molecule has 1 saturated carbocycles. The van der Waals surface area contributed by atoms with Crippen molar-refractivity contribution in [3.05, 3.63) is 0 Å². The highest BCUT2D eigenvalue weighted by Gasteiger charge is 2.64. The minimum atomic E-state index is -1.18. The standard InChI is InChI=1S/C26H40O8/c1-14(2)18-9-11-24(6,32-15(3)27)22-19(30)13-26(8,34-17(5)29)20-10-12-25(7,33-16(4)28)23(31-20)21(18)22/h14,18,20-23H,9-13H2,1-8H3. The summed E-state index contributed by atoms with van der Waals surface area (Å²) in [5.74, 6) is -2.18. The normalized spacial score (nSPS) is 42.1. The number of hydrogen-bond donors (Lipinski definition) is 0. The van der Waals surface area contributed by atoms with E-state index in [1.165, 1.54) is 20.8 Å². The fourth-order valence-electron chi connectivity index (χ4n) is 6.96. The second-order valence-electron chi connectivity index (χ2n) is 11.4. The van der Waals surface area contributed by atoms with Gasteiger partial charge in [0.05, 0.1) is 12.0 Å². The number of carbonyl (C=O) groups is 4. The molecule has 0 aromatic rings. The van der Waals surface area contributed by atoms with Crippen molar-refractivity contribution in [3.8, 4) is 0 Å². The first kappa shape index (κ1) is 26.6. The molecule has 8 nitrogen and oxygen atoms in total. The third-order valence-corrected chi connectivity index (χ3v) is 8.22. The van der Waals surface area contributed by atoms with Gasteiger partial charge in [0, 0.05) is 33.1 Å². The maximum atomic E-state index is 14.1. The molecule has 34 heavy (non-hydrogen) atoms. The lowest BCUT2D eigenvalue weighted by atomic mass is 9.55. The number of hydrogen-bond acceptors (Lipinski definition) is 8. The van der Waals surface area contributed by atoms with Crippen LogP contribution in [0.3, 0.4) is 0 Å². The molecule has 8 heteroatoms. The number of ether oxygens (including phenoxy) is 4. The van der Waals surface area contributed by atoms with E-state index in [-0.39, 0.29) is 30.0 Å². The highest BCUT2D eigenvalue weighted by Crippen LogP contribution is 2.55. The summed E-state index contributed by atoms with van der Waals surface area (Å²) < 4.78 is 24.2. The fourth-order valence-corrected chi connectivity index (χ4v) is 6.96. The average molecular weight is 481 g/mol. The number of Topliss-reactive ketones (excluding diaryl/α,β-unsaturated/α-hetero) is 1. The highest BCUT2D eigenvalue weighted by molar-refractivity contribution is 5.85. The van der Waals surface area contributed by atoms with Gasteiger partial charge in [-0.3, -0.25) is 19.2 Å².